The molecule has 1 aromatic carbocycles. The number of nitriles is 1. The molecule has 3 N–H and O–H groups in total. The van der Waals surface area contributed by atoms with Gasteiger partial charge in [0.25, 0.3) is 0 Å². The predicted molar refractivity (Wildman–Crippen MR) is 91.0 cm³/mol. The Balaban J connectivity index is 2.27. The van der Waals surface area contributed by atoms with Gasteiger partial charge < -0.3 is 5.73 Å². The number of nitrogens with one attached hydrogen (secondary N) is 1. The third-order valence-electron chi connectivity index (χ3n) is 3.99. The van der Waals surface area contributed by atoms with Gasteiger partial charge in [0.05, 0.1) is 11.7 Å². The number of alkyl halides is 1. The largest absolute Gasteiger partial charge is 0.313 e. The summed E-state index contributed by atoms with van der Waals surface area (Å²) in [5.41, 5.74) is 7.87. The molecule has 4 nitrogen and oxygen atoms in total. The minimum Gasteiger partial charge on any atom is -0.313 e. The third kappa shape index (κ3) is 2.92. The molecule has 1 aromatic heterocycles. The highest BCUT2D eigenvalue weighted by atomic mass is 35.5. The predicted octanol–water partition coefficient (Wildman–Crippen LogP) is 3.26. The number of rotatable bonds is 2. The second-order valence-corrected chi connectivity index (χ2v) is 6.65. The van der Waals surface area contributed by atoms with Crippen molar-refractivity contribution in [1.82, 2.24) is 10.3 Å². The van der Waals surface area contributed by atoms with E-state index in [1.54, 1.807) is 43.6 Å². The maximum absolute atomic E-state index is 13.3. The van der Waals surface area contributed by atoms with E-state index in [1.165, 1.54) is 12.1 Å². The van der Waals surface area contributed by atoms with E-state index in [1.807, 2.05) is 0 Å². The van der Waals surface area contributed by atoms with Crippen molar-refractivity contribution in [3.05, 3.63) is 71.3 Å². The maximum atomic E-state index is 13.3. The molecule has 0 spiro atoms. The first-order valence-corrected chi connectivity index (χ1v) is 7.81. The Hall–Kier alpha value is -2.26. The fourth-order valence-corrected chi connectivity index (χ4v) is 3.61. The summed E-state index contributed by atoms with van der Waals surface area (Å²) in [5, 5.41) is 12.9. The number of hydrogen-bond donors (Lipinski definition) is 2. The summed E-state index contributed by atoms with van der Waals surface area (Å²) >= 11 is 6.97. The van der Waals surface area contributed by atoms with Gasteiger partial charge >= 0.3 is 0 Å². The molecule has 0 radical (unpaired) electrons. The highest BCUT2D eigenvalue weighted by molar-refractivity contribution is 6.30. The van der Waals surface area contributed by atoms with Crippen molar-refractivity contribution in [2.75, 3.05) is 0 Å². The number of halogens is 2. The van der Waals surface area contributed by atoms with Crippen LogP contribution in [0.3, 0.4) is 0 Å². The minimum atomic E-state index is -1.25. The third-order valence-corrected chi connectivity index (χ3v) is 4.50. The summed E-state index contributed by atoms with van der Waals surface area (Å²) in [7, 11) is 0. The number of hydrogen-bond acceptors (Lipinski definition) is 4. The van der Waals surface area contributed by atoms with Crippen LogP contribution in [-0.2, 0) is 5.00 Å². The van der Waals surface area contributed by atoms with Crippen molar-refractivity contribution in [3.8, 4) is 6.07 Å². The number of benzene rings is 1. The summed E-state index contributed by atoms with van der Waals surface area (Å²) in [6, 6.07) is 11.6. The van der Waals surface area contributed by atoms with Gasteiger partial charge in [-0.05, 0) is 42.3 Å². The Labute approximate surface area is 144 Å². The van der Waals surface area contributed by atoms with Crippen molar-refractivity contribution in [2.45, 2.75) is 24.0 Å². The Morgan fingerprint density at radius 1 is 1.25 bits per heavy atom. The van der Waals surface area contributed by atoms with E-state index < -0.39 is 10.7 Å². The second kappa shape index (κ2) is 5.99. The van der Waals surface area contributed by atoms with Crippen molar-refractivity contribution in [1.29, 1.82) is 5.26 Å². The molecule has 1 aliphatic heterocycles. The second-order valence-electron chi connectivity index (χ2n) is 6.09. The van der Waals surface area contributed by atoms with Crippen LogP contribution in [0.2, 0.25) is 0 Å². The molecule has 0 amide bonds. The molecule has 2 heterocycles. The highest BCUT2D eigenvalue weighted by Gasteiger charge is 2.45. The van der Waals surface area contributed by atoms with Gasteiger partial charge in [0.15, 0.2) is 0 Å². The van der Waals surface area contributed by atoms with Gasteiger partial charge in [-0.2, -0.15) is 5.26 Å². The molecular formula is C18H16ClFN4. The van der Waals surface area contributed by atoms with Crippen LogP contribution in [0.1, 0.15) is 24.5 Å². The lowest BCUT2D eigenvalue weighted by molar-refractivity contribution is 0.311. The number of nitrogens with zero attached hydrogens (tertiary/aromatic N) is 2. The zero-order chi connectivity index (χ0) is 17.4. The Morgan fingerprint density at radius 2 is 1.88 bits per heavy atom. The average Bonchev–Trinajstić information content (AvgIpc) is 2.54. The van der Waals surface area contributed by atoms with Crippen LogP contribution in [0.5, 0.6) is 0 Å². The zero-order valence-corrected chi connectivity index (χ0v) is 13.8. The first-order valence-electron chi connectivity index (χ1n) is 7.43. The van der Waals surface area contributed by atoms with Gasteiger partial charge in [-0.25, -0.2) is 4.39 Å². The van der Waals surface area contributed by atoms with Crippen molar-refractivity contribution in [2.24, 2.45) is 5.73 Å². The monoisotopic (exact) mass is 342 g/mol. The van der Waals surface area contributed by atoms with Crippen molar-refractivity contribution in [3.63, 3.8) is 0 Å². The average molecular weight is 343 g/mol. The first kappa shape index (κ1) is 16.6. The van der Waals surface area contributed by atoms with E-state index in [-0.39, 0.29) is 5.82 Å². The fraction of sp³-hybridized carbons (Fsp3) is 0.222. The lowest BCUT2D eigenvalue weighted by Crippen LogP contribution is -2.61. The van der Waals surface area contributed by atoms with E-state index in [4.69, 9.17) is 17.3 Å². The molecule has 24 heavy (non-hydrogen) atoms. The van der Waals surface area contributed by atoms with Crippen LogP contribution in [0.15, 0.2) is 54.4 Å². The lowest BCUT2D eigenvalue weighted by Gasteiger charge is -2.44. The molecule has 2 unspecified atom stereocenters. The van der Waals surface area contributed by atoms with Crippen LogP contribution >= 0.6 is 11.6 Å². The van der Waals surface area contributed by atoms with Crippen LogP contribution in [0.25, 0.3) is 5.57 Å². The van der Waals surface area contributed by atoms with Gasteiger partial charge in [-0.1, -0.05) is 23.7 Å². The van der Waals surface area contributed by atoms with Gasteiger partial charge in [-0.3, -0.25) is 10.3 Å². The van der Waals surface area contributed by atoms with Gasteiger partial charge in [0, 0.05) is 30.0 Å². The van der Waals surface area contributed by atoms with Crippen LogP contribution in [0, 0.1) is 17.1 Å². The first-order chi connectivity index (χ1) is 11.4. The van der Waals surface area contributed by atoms with Gasteiger partial charge in [0.2, 0.25) is 0 Å². The summed E-state index contributed by atoms with van der Waals surface area (Å²) in [6.07, 6.45) is 3.60. The molecule has 6 heteroatoms. The number of aromatic nitrogens is 1. The van der Waals surface area contributed by atoms with E-state index in [2.05, 4.69) is 16.4 Å². The van der Waals surface area contributed by atoms with Gasteiger partial charge in [-0.15, -0.1) is 0 Å². The normalized spacial score (nSPS) is 27.0. The van der Waals surface area contributed by atoms with E-state index in [0.717, 1.165) is 5.56 Å². The van der Waals surface area contributed by atoms with E-state index in [0.29, 0.717) is 23.1 Å². The standard InChI is InChI=1S/C18H16ClFN4/c1-17(22)10-13(11-21)16(12-6-8-23-9-7-12)18(19,24-17)14-2-4-15(20)5-3-14/h2-9,24H,10,22H2,1H3. The molecule has 1 aliphatic rings. The van der Waals surface area contributed by atoms with Crippen molar-refractivity contribution < 1.29 is 4.39 Å². The molecule has 2 atom stereocenters. The molecule has 122 valence electrons. The van der Waals surface area contributed by atoms with E-state index >= 15 is 0 Å². The molecule has 0 aliphatic carbocycles. The van der Waals surface area contributed by atoms with Crippen molar-refractivity contribution >= 4 is 17.2 Å². The molecular weight excluding hydrogens is 327 g/mol. The summed E-state index contributed by atoms with van der Waals surface area (Å²) in [5.74, 6) is -0.361. The van der Waals surface area contributed by atoms with Gasteiger partial charge in [0.1, 0.15) is 10.8 Å². The SMILES string of the molecule is CC1(N)CC(C#N)=C(c2ccncc2)C(Cl)(c2ccc(F)cc2)N1. The summed E-state index contributed by atoms with van der Waals surface area (Å²) in [6.45, 7) is 1.77. The molecule has 0 fully saturated rings. The van der Waals surface area contributed by atoms with E-state index in [9.17, 15) is 9.65 Å². The van der Waals surface area contributed by atoms with Crippen LogP contribution in [-0.4, -0.2) is 10.6 Å². The molecule has 0 saturated carbocycles. The lowest BCUT2D eigenvalue weighted by atomic mass is 9.81. The highest BCUT2D eigenvalue weighted by Crippen LogP contribution is 2.47. The molecule has 0 bridgehead atoms. The smallest absolute Gasteiger partial charge is 0.148 e. The Morgan fingerprint density at radius 3 is 2.46 bits per heavy atom. The van der Waals surface area contributed by atoms with Crippen LogP contribution < -0.4 is 11.1 Å². The van der Waals surface area contributed by atoms with Crippen LogP contribution in [0.4, 0.5) is 4.39 Å². The Kier molecular flexibility index (Phi) is 4.14. The Bertz CT molecular complexity index is 824. The number of pyridine rings is 1. The number of nitrogens with two attached hydrogens (primary N) is 1. The fourth-order valence-electron chi connectivity index (χ4n) is 3.05. The molecule has 2 aromatic rings. The zero-order valence-electron chi connectivity index (χ0n) is 13.1. The quantitative estimate of drug-likeness (QED) is 0.649. The minimum absolute atomic E-state index is 0.330. The molecule has 0 saturated heterocycles. The maximum Gasteiger partial charge on any atom is 0.148 e. The summed E-state index contributed by atoms with van der Waals surface area (Å²) in [4.78, 5) is 2.76. The summed E-state index contributed by atoms with van der Waals surface area (Å²) < 4.78 is 13.3. The topological polar surface area (TPSA) is 74.7 Å². The molecule has 3 rings (SSSR count).